The first kappa shape index (κ1) is 35.6. The molecule has 0 aromatic carbocycles. The zero-order valence-electron chi connectivity index (χ0n) is 4.11. The van der Waals surface area contributed by atoms with Crippen LogP contribution in [0.15, 0.2) is 0 Å². The number of rotatable bonds is 0. The molecule has 0 aromatic heterocycles. The second kappa shape index (κ2) is 24.3. The van der Waals surface area contributed by atoms with E-state index in [1.54, 1.807) is 0 Å². The first-order valence-corrected chi connectivity index (χ1v) is 0.548. The average molecular weight is 196 g/mol. The van der Waals surface area contributed by atoms with Gasteiger partial charge in [-0.25, -0.2) is 0 Å². The van der Waals surface area contributed by atoms with Crippen LogP contribution in [0.5, 0.6) is 0 Å². The summed E-state index contributed by atoms with van der Waals surface area (Å²) < 4.78 is 0. The van der Waals surface area contributed by atoms with Crippen molar-refractivity contribution in [2.75, 3.05) is 0 Å². The van der Waals surface area contributed by atoms with E-state index in [2.05, 4.69) is 0 Å². The van der Waals surface area contributed by atoms with Gasteiger partial charge in [0.2, 0.25) is 0 Å². The summed E-state index contributed by atoms with van der Waals surface area (Å²) in [5.74, 6) is 0. The van der Waals surface area contributed by atoms with Crippen LogP contribution in [-0.4, -0.2) is 51.0 Å². The molecule has 0 heterocycles. The van der Waals surface area contributed by atoms with Gasteiger partial charge in [0.05, 0.1) is 5.09 Å². The fourth-order valence-electron chi connectivity index (χ4n) is 0. The Balaban J connectivity index is -0.00000000750. The van der Waals surface area contributed by atoms with E-state index in [9.17, 15) is 0 Å². The summed E-state index contributed by atoms with van der Waals surface area (Å²) >= 11 is 0. The van der Waals surface area contributed by atoms with Crippen LogP contribution in [0, 0.1) is 15.3 Å². The number of hydrogen-bond acceptors (Lipinski definition) is 4. The Labute approximate surface area is 85.3 Å². The first-order chi connectivity index (χ1) is 1.73. The van der Waals surface area contributed by atoms with Crippen LogP contribution in [0.2, 0.25) is 0 Å². The topological polar surface area (TPSA) is 96.2 Å². The van der Waals surface area contributed by atoms with E-state index in [4.69, 9.17) is 15.3 Å². The summed E-state index contributed by atoms with van der Waals surface area (Å²) in [4.78, 5) is 8.25. The van der Waals surface area contributed by atoms with Crippen LogP contribution in [0.1, 0.15) is 0 Å². The van der Waals surface area contributed by atoms with E-state index in [0.29, 0.717) is 0 Å². The quantitative estimate of drug-likeness (QED) is 0.276. The maximum Gasteiger partial charge on any atom is 2.00 e. The minimum atomic E-state index is -1.75. The molecule has 1 N–H and O–H groups in total. The Morgan fingerprint density at radius 3 is 1.25 bits per heavy atom. The van der Waals surface area contributed by atoms with Gasteiger partial charge in [-0.15, -0.1) is 0 Å². The van der Waals surface area contributed by atoms with Crippen molar-refractivity contribution in [1.82, 2.24) is 0 Å². The van der Waals surface area contributed by atoms with Crippen LogP contribution < -0.4 is 0 Å². The molecule has 3 radical (unpaired) electrons. The molecule has 8 heavy (non-hydrogen) atoms. The largest absolute Gasteiger partial charge is 2.00 e. The van der Waals surface area contributed by atoms with E-state index < -0.39 is 5.09 Å². The molecule has 0 saturated carbocycles. The van der Waals surface area contributed by atoms with Gasteiger partial charge < -0.3 is 20.8 Å². The third-order valence-electron chi connectivity index (χ3n) is 0. The van der Waals surface area contributed by atoms with E-state index in [-0.39, 0.29) is 65.4 Å². The molecule has 0 atom stereocenters. The van der Waals surface area contributed by atoms with Gasteiger partial charge in [-0.2, -0.15) is 0 Å². The molecule has 0 saturated heterocycles. The molecule has 0 fully saturated rings. The zero-order chi connectivity index (χ0) is 3.58. The third kappa shape index (κ3) is 224. The smallest absolute Gasteiger partial charge is 0.870 e. The minimum absolute atomic E-state index is 0. The van der Waals surface area contributed by atoms with Gasteiger partial charge in [0.1, 0.15) is 0 Å². The molecule has 0 bridgehead atoms. The van der Waals surface area contributed by atoms with Crippen molar-refractivity contribution >= 4 is 40.4 Å². The van der Waals surface area contributed by atoms with Crippen molar-refractivity contribution in [2.24, 2.45) is 0 Å². The van der Waals surface area contributed by atoms with E-state index in [1.165, 1.54) is 0 Å². The van der Waals surface area contributed by atoms with E-state index >= 15 is 0 Å². The Morgan fingerprint density at radius 1 is 1.25 bits per heavy atom. The molecule has 0 unspecified atom stereocenters. The molecule has 8 heteroatoms. The van der Waals surface area contributed by atoms with Gasteiger partial charge in [0.25, 0.3) is 0 Å². The van der Waals surface area contributed by atoms with Gasteiger partial charge in [-0.05, 0) is 0 Å². The minimum Gasteiger partial charge on any atom is -0.870 e. The number of nitrogens with zero attached hydrogens (tertiary/aromatic N) is 1. The van der Waals surface area contributed by atoms with Crippen molar-refractivity contribution in [3.05, 3.63) is 15.3 Å². The monoisotopic (exact) mass is 194 g/mol. The summed E-state index contributed by atoms with van der Waals surface area (Å²) in [5, 5.41) is 14.8. The summed E-state index contributed by atoms with van der Waals surface area (Å²) in [5.41, 5.74) is 0. The molecule has 0 aliphatic carbocycles. The van der Waals surface area contributed by atoms with Gasteiger partial charge in [-0.3, -0.25) is 0 Å². The van der Waals surface area contributed by atoms with Crippen LogP contribution in [0.25, 0.3) is 0 Å². The Morgan fingerprint density at radius 2 is 1.25 bits per heavy atom. The third-order valence-corrected chi connectivity index (χ3v) is 0. The van der Waals surface area contributed by atoms with Gasteiger partial charge >= 0.3 is 42.5 Å². The van der Waals surface area contributed by atoms with Crippen molar-refractivity contribution in [2.45, 2.75) is 0 Å². The van der Waals surface area contributed by atoms with Crippen molar-refractivity contribution in [3.8, 4) is 0 Å². The molecular formula is HAlMgNO4Zn+2. The van der Waals surface area contributed by atoms with Crippen molar-refractivity contribution < 1.29 is 30.0 Å². The van der Waals surface area contributed by atoms with Crippen molar-refractivity contribution in [3.63, 3.8) is 0 Å². The molecule has 0 rings (SSSR count). The second-order valence-electron chi connectivity index (χ2n) is 0.224. The average Bonchev–Trinajstić information content (AvgIpc) is 0.811. The van der Waals surface area contributed by atoms with Crippen LogP contribution in [-0.2, 0) is 19.5 Å². The predicted octanol–water partition coefficient (Wildman–Crippen LogP) is -1.18. The molecule has 0 aliphatic rings. The van der Waals surface area contributed by atoms with Crippen molar-refractivity contribution in [1.29, 1.82) is 0 Å². The van der Waals surface area contributed by atoms with Gasteiger partial charge in [-0.1, -0.05) is 0 Å². The molecule has 0 aromatic rings. The maximum absolute atomic E-state index is 8.25. The maximum atomic E-state index is 8.25. The summed E-state index contributed by atoms with van der Waals surface area (Å²) in [6.45, 7) is 0. The standard InChI is InChI=1S/Al.Mg.NO3.H2O.Zn/c;;2-1(3)4;;/h;;;1H2;/q;+2;-1;;+2/p-1. The molecule has 0 spiro atoms. The van der Waals surface area contributed by atoms with E-state index in [0.717, 1.165) is 0 Å². The van der Waals surface area contributed by atoms with Crippen LogP contribution in [0.4, 0.5) is 0 Å². The molecule has 0 amide bonds. The normalized spacial score (nSPS) is 3.00. The van der Waals surface area contributed by atoms with Crippen LogP contribution in [0.3, 0.4) is 0 Å². The molecular weight excluding hydrogens is 195 g/mol. The fraction of sp³-hybridized carbons (Fsp3) is 0. The van der Waals surface area contributed by atoms with Gasteiger partial charge in [0, 0.05) is 17.4 Å². The number of hydrogen-bond donors (Lipinski definition) is 0. The molecule has 5 nitrogen and oxygen atoms in total. The zero-order valence-corrected chi connectivity index (χ0v) is 9.65. The SMILES string of the molecule is O=[N+]([O-])[O-].[Al].[Mg+2].[OH-].[Zn+2]. The molecule has 0 aliphatic heterocycles. The van der Waals surface area contributed by atoms with E-state index in [1.807, 2.05) is 0 Å². The van der Waals surface area contributed by atoms with Gasteiger partial charge in [0.15, 0.2) is 0 Å². The summed E-state index contributed by atoms with van der Waals surface area (Å²) in [6.07, 6.45) is 0. The summed E-state index contributed by atoms with van der Waals surface area (Å²) in [6, 6.07) is 0. The molecule has 35 valence electrons. The first-order valence-electron chi connectivity index (χ1n) is 0.548. The Hall–Kier alpha value is 1.08. The Kier molecular flexibility index (Phi) is 108. The Bertz CT molecular complexity index is 39.0. The second-order valence-corrected chi connectivity index (χ2v) is 0.224. The summed E-state index contributed by atoms with van der Waals surface area (Å²) in [7, 11) is 0. The predicted molar refractivity (Wildman–Crippen MR) is 23.8 cm³/mol. The fourth-order valence-corrected chi connectivity index (χ4v) is 0. The van der Waals surface area contributed by atoms with Crippen LogP contribution >= 0.6 is 0 Å².